The second kappa shape index (κ2) is 8.91. The maximum absolute atomic E-state index is 11.3. The third-order valence-electron chi connectivity index (χ3n) is 4.36. The number of aromatic nitrogens is 2. The first-order chi connectivity index (χ1) is 13.8. The molecule has 0 aliphatic heterocycles. The Morgan fingerprint density at radius 2 is 1.66 bits per heavy atom. The molecule has 1 unspecified atom stereocenters. The second-order valence-corrected chi connectivity index (χ2v) is 8.40. The minimum atomic E-state index is -3.43. The fourth-order valence-electron chi connectivity index (χ4n) is 3.02. The molecular formula is C21H23N3O4S. The first-order valence-electron chi connectivity index (χ1n) is 9.15. The average Bonchev–Trinajstić information content (AvgIpc) is 2.68. The lowest BCUT2D eigenvalue weighted by Gasteiger charge is -2.17. The average molecular weight is 413 g/mol. The van der Waals surface area contributed by atoms with E-state index in [0.29, 0.717) is 11.4 Å². The Bertz CT molecular complexity index is 1050. The molecule has 1 heterocycles. The van der Waals surface area contributed by atoms with Crippen LogP contribution in [0.2, 0.25) is 0 Å². The lowest BCUT2D eigenvalue weighted by molar-refractivity contribution is 0.301. The minimum absolute atomic E-state index is 0.0173. The zero-order valence-electron chi connectivity index (χ0n) is 16.2. The van der Waals surface area contributed by atoms with Gasteiger partial charge in [-0.2, -0.15) is 0 Å². The van der Waals surface area contributed by atoms with Gasteiger partial charge in [-0.3, -0.25) is 4.72 Å². The van der Waals surface area contributed by atoms with Crippen molar-refractivity contribution in [2.24, 2.45) is 0 Å². The zero-order chi connectivity index (χ0) is 20.9. The standard InChI is InChI=1S/C21H23N3O4S/c1-3-20(15-4-8-18(25)9-5-15)16-6-10-19(11-7-16)28-14-17-12-13-22-21(23-17)24-29(2,26)27/h4-13,20,25H,3,14H2,1-2H3,(H,22,23,24). The summed E-state index contributed by atoms with van der Waals surface area (Å²) < 4.78 is 30.6. The van der Waals surface area contributed by atoms with E-state index >= 15 is 0 Å². The first kappa shape index (κ1) is 20.6. The van der Waals surface area contributed by atoms with E-state index in [4.69, 9.17) is 4.74 Å². The van der Waals surface area contributed by atoms with Crippen LogP contribution in [0.5, 0.6) is 11.5 Å². The van der Waals surface area contributed by atoms with Gasteiger partial charge in [0.25, 0.3) is 0 Å². The van der Waals surface area contributed by atoms with Crippen molar-refractivity contribution >= 4 is 16.0 Å². The van der Waals surface area contributed by atoms with Crippen molar-refractivity contribution in [1.82, 2.24) is 9.97 Å². The molecule has 3 aromatic rings. The van der Waals surface area contributed by atoms with Crippen molar-refractivity contribution in [2.75, 3.05) is 11.0 Å². The number of anilines is 1. The van der Waals surface area contributed by atoms with E-state index in [1.165, 1.54) is 6.20 Å². The number of aromatic hydroxyl groups is 1. The molecule has 1 aromatic heterocycles. The smallest absolute Gasteiger partial charge is 0.236 e. The summed E-state index contributed by atoms with van der Waals surface area (Å²) in [6.07, 6.45) is 3.46. The van der Waals surface area contributed by atoms with Crippen LogP contribution in [0.3, 0.4) is 0 Å². The number of nitrogens with zero attached hydrogens (tertiary/aromatic N) is 2. The fraction of sp³-hybridized carbons (Fsp3) is 0.238. The Kier molecular flexibility index (Phi) is 6.33. The molecule has 0 aliphatic carbocycles. The zero-order valence-corrected chi connectivity index (χ0v) is 17.1. The SMILES string of the molecule is CCC(c1ccc(O)cc1)c1ccc(OCc2ccnc(NS(C)(=O)=O)n2)cc1. The number of hydrogen-bond donors (Lipinski definition) is 2. The van der Waals surface area contributed by atoms with Crippen LogP contribution in [0.25, 0.3) is 0 Å². The third-order valence-corrected chi connectivity index (χ3v) is 4.92. The van der Waals surface area contributed by atoms with Crippen LogP contribution in [0.4, 0.5) is 5.95 Å². The van der Waals surface area contributed by atoms with Crippen molar-refractivity contribution < 1.29 is 18.3 Å². The van der Waals surface area contributed by atoms with Crippen molar-refractivity contribution in [2.45, 2.75) is 25.9 Å². The van der Waals surface area contributed by atoms with Crippen LogP contribution in [-0.4, -0.2) is 29.7 Å². The molecule has 0 saturated heterocycles. The van der Waals surface area contributed by atoms with Gasteiger partial charge in [0.2, 0.25) is 16.0 Å². The van der Waals surface area contributed by atoms with Crippen molar-refractivity contribution in [3.63, 3.8) is 0 Å². The number of hydrogen-bond acceptors (Lipinski definition) is 6. The Labute approximate surface area is 170 Å². The number of sulfonamides is 1. The molecule has 0 saturated carbocycles. The van der Waals surface area contributed by atoms with Gasteiger partial charge in [0, 0.05) is 12.1 Å². The van der Waals surface area contributed by atoms with E-state index in [1.54, 1.807) is 18.2 Å². The molecule has 0 amide bonds. The summed E-state index contributed by atoms with van der Waals surface area (Å²) in [5.74, 6) is 1.19. The Hall–Kier alpha value is -3.13. The van der Waals surface area contributed by atoms with Crippen LogP contribution < -0.4 is 9.46 Å². The summed E-state index contributed by atoms with van der Waals surface area (Å²) in [6, 6.07) is 16.8. The highest BCUT2D eigenvalue weighted by atomic mass is 32.2. The highest BCUT2D eigenvalue weighted by molar-refractivity contribution is 7.91. The summed E-state index contributed by atoms with van der Waals surface area (Å²) in [5, 5.41) is 9.48. The quantitative estimate of drug-likeness (QED) is 0.584. The van der Waals surface area contributed by atoms with E-state index < -0.39 is 10.0 Å². The van der Waals surface area contributed by atoms with Crippen molar-refractivity contribution in [3.8, 4) is 11.5 Å². The molecule has 2 aromatic carbocycles. The molecule has 0 spiro atoms. The van der Waals surface area contributed by atoms with Gasteiger partial charge >= 0.3 is 0 Å². The number of phenols is 1. The Balaban J connectivity index is 1.66. The fourth-order valence-corrected chi connectivity index (χ4v) is 3.45. The first-order valence-corrected chi connectivity index (χ1v) is 11.0. The maximum Gasteiger partial charge on any atom is 0.236 e. The van der Waals surface area contributed by atoms with Gasteiger partial charge in [-0.15, -0.1) is 0 Å². The number of ether oxygens (including phenoxy) is 1. The molecule has 152 valence electrons. The van der Waals surface area contributed by atoms with E-state index in [0.717, 1.165) is 23.8 Å². The van der Waals surface area contributed by atoms with Gasteiger partial charge in [-0.05, 0) is 47.9 Å². The van der Waals surface area contributed by atoms with Gasteiger partial charge < -0.3 is 9.84 Å². The van der Waals surface area contributed by atoms with Crippen LogP contribution in [0, 0.1) is 0 Å². The number of nitrogens with one attached hydrogen (secondary N) is 1. The lowest BCUT2D eigenvalue weighted by Crippen LogP contribution is -2.13. The van der Waals surface area contributed by atoms with Crippen LogP contribution in [-0.2, 0) is 16.6 Å². The van der Waals surface area contributed by atoms with Gasteiger partial charge in [0.15, 0.2) is 0 Å². The largest absolute Gasteiger partial charge is 0.508 e. The topological polar surface area (TPSA) is 101 Å². The maximum atomic E-state index is 11.3. The summed E-state index contributed by atoms with van der Waals surface area (Å²) in [4.78, 5) is 8.01. The molecule has 7 nitrogen and oxygen atoms in total. The van der Waals surface area contributed by atoms with E-state index in [2.05, 4.69) is 21.6 Å². The molecule has 0 aliphatic rings. The predicted octanol–water partition coefficient (Wildman–Crippen LogP) is 3.67. The van der Waals surface area contributed by atoms with Crippen molar-refractivity contribution in [3.05, 3.63) is 77.6 Å². The number of rotatable bonds is 8. The summed E-state index contributed by atoms with van der Waals surface area (Å²) >= 11 is 0. The molecular weight excluding hydrogens is 390 g/mol. The molecule has 8 heteroatoms. The minimum Gasteiger partial charge on any atom is -0.508 e. The normalized spacial score (nSPS) is 12.3. The van der Waals surface area contributed by atoms with E-state index in [-0.39, 0.29) is 24.2 Å². The molecule has 2 N–H and O–H groups in total. The van der Waals surface area contributed by atoms with Crippen LogP contribution >= 0.6 is 0 Å². The van der Waals surface area contributed by atoms with E-state index in [1.807, 2.05) is 36.4 Å². The number of benzene rings is 2. The number of phenolic OH excluding ortho intramolecular Hbond substituents is 1. The van der Waals surface area contributed by atoms with E-state index in [9.17, 15) is 13.5 Å². The monoisotopic (exact) mass is 413 g/mol. The predicted molar refractivity (Wildman–Crippen MR) is 112 cm³/mol. The van der Waals surface area contributed by atoms with Crippen molar-refractivity contribution in [1.29, 1.82) is 0 Å². The summed E-state index contributed by atoms with van der Waals surface area (Å²) in [5.41, 5.74) is 2.86. The molecule has 0 bridgehead atoms. The highest BCUT2D eigenvalue weighted by Gasteiger charge is 2.12. The van der Waals surface area contributed by atoms with Gasteiger partial charge in [0.1, 0.15) is 18.1 Å². The molecule has 0 fully saturated rings. The summed E-state index contributed by atoms with van der Waals surface area (Å²) in [6.45, 7) is 2.31. The summed E-state index contributed by atoms with van der Waals surface area (Å²) in [7, 11) is -3.43. The van der Waals surface area contributed by atoms with Gasteiger partial charge in [-0.1, -0.05) is 31.2 Å². The third kappa shape index (κ3) is 5.92. The molecule has 0 radical (unpaired) electrons. The highest BCUT2D eigenvalue weighted by Crippen LogP contribution is 2.30. The second-order valence-electron chi connectivity index (χ2n) is 6.66. The molecule has 3 rings (SSSR count). The Morgan fingerprint density at radius 3 is 2.24 bits per heavy atom. The molecule has 1 atom stereocenters. The van der Waals surface area contributed by atoms with Crippen LogP contribution in [0.15, 0.2) is 60.8 Å². The Morgan fingerprint density at radius 1 is 1.03 bits per heavy atom. The van der Waals surface area contributed by atoms with Gasteiger partial charge in [-0.25, -0.2) is 18.4 Å². The molecule has 29 heavy (non-hydrogen) atoms. The van der Waals surface area contributed by atoms with Gasteiger partial charge in [0.05, 0.1) is 11.9 Å². The van der Waals surface area contributed by atoms with Crippen LogP contribution in [0.1, 0.15) is 36.1 Å². The lowest BCUT2D eigenvalue weighted by atomic mass is 9.89.